The second-order valence-electron chi connectivity index (χ2n) is 21.0. The summed E-state index contributed by atoms with van der Waals surface area (Å²) in [6.45, 7) is 8.27. The Bertz CT molecular complexity index is 4180. The Morgan fingerprint density at radius 2 is 0.692 bits per heavy atom. The third-order valence-electron chi connectivity index (χ3n) is 16.4. The summed E-state index contributed by atoms with van der Waals surface area (Å²) in [7, 11) is 0. The lowest BCUT2D eigenvalue weighted by Gasteiger charge is -2.47. The summed E-state index contributed by atoms with van der Waals surface area (Å²) in [6, 6.07) is 62.2. The van der Waals surface area contributed by atoms with E-state index < -0.39 is 34.3 Å². The van der Waals surface area contributed by atoms with Crippen molar-refractivity contribution in [2.24, 2.45) is 0 Å². The predicted molar refractivity (Wildman–Crippen MR) is 299 cm³/mol. The number of aryl methyl sites for hydroxylation is 2. The van der Waals surface area contributed by atoms with Gasteiger partial charge in [0.05, 0.1) is 39.3 Å². The van der Waals surface area contributed by atoms with Gasteiger partial charge in [0.1, 0.15) is 11.2 Å². The van der Waals surface area contributed by atoms with E-state index in [-0.39, 0.29) is 11.4 Å². The van der Waals surface area contributed by atoms with Crippen molar-refractivity contribution in [3.63, 3.8) is 0 Å². The molecule has 0 N–H and O–H groups in total. The van der Waals surface area contributed by atoms with Gasteiger partial charge in [-0.15, -0.1) is 0 Å². The number of benzene rings is 10. The number of nitrogens with zero attached hydrogens (tertiary/aromatic N) is 2. The van der Waals surface area contributed by atoms with E-state index in [0.29, 0.717) is 45.1 Å². The predicted octanol–water partition coefficient (Wildman–Crippen LogP) is 20.1. The maximum Gasteiger partial charge on any atom is 0.418 e. The highest BCUT2D eigenvalue weighted by atomic mass is 19.4. The number of furan rings is 2. The number of hydrogen-bond donors (Lipinski definition) is 0. The van der Waals surface area contributed by atoms with Crippen molar-refractivity contribution in [1.82, 2.24) is 0 Å². The number of hydrogen-bond acceptors (Lipinski definition) is 4. The fourth-order valence-corrected chi connectivity index (χ4v) is 13.0. The number of anilines is 6. The average Bonchev–Trinajstić information content (AvgIpc) is 3.02. The van der Waals surface area contributed by atoms with Crippen LogP contribution in [0.1, 0.15) is 69.5 Å². The van der Waals surface area contributed by atoms with Crippen LogP contribution in [0, 0.1) is 13.8 Å². The van der Waals surface area contributed by atoms with E-state index in [0.717, 1.165) is 89.3 Å². The summed E-state index contributed by atoms with van der Waals surface area (Å²) >= 11 is 0. The van der Waals surface area contributed by atoms with Crippen LogP contribution in [0.25, 0.3) is 55.0 Å². The molecule has 0 unspecified atom stereocenters. The van der Waals surface area contributed by atoms with E-state index in [4.69, 9.17) is 8.83 Å². The highest BCUT2D eigenvalue weighted by Gasteiger charge is 2.54. The number of rotatable bonds is 6. The second kappa shape index (κ2) is 16.7. The normalized spacial score (nSPS) is 14.2. The van der Waals surface area contributed by atoms with Crippen molar-refractivity contribution in [3.05, 3.63) is 262 Å². The van der Waals surface area contributed by atoms with Crippen molar-refractivity contribution in [1.29, 1.82) is 0 Å². The van der Waals surface area contributed by atoms with Crippen LogP contribution in [-0.2, 0) is 23.2 Å². The maximum absolute atomic E-state index is 15.5. The molecule has 0 saturated heterocycles. The van der Waals surface area contributed by atoms with E-state index in [2.05, 4.69) is 38.1 Å². The molecule has 0 fully saturated rings. The van der Waals surface area contributed by atoms with Crippen LogP contribution in [0.15, 0.2) is 215 Å². The second-order valence-corrected chi connectivity index (χ2v) is 21.0. The van der Waals surface area contributed by atoms with Crippen LogP contribution in [0.3, 0.4) is 0 Å². The van der Waals surface area contributed by atoms with Crippen molar-refractivity contribution >= 4 is 78.0 Å². The molecule has 14 rings (SSSR count). The minimum atomic E-state index is -4.74. The van der Waals surface area contributed by atoms with Gasteiger partial charge in [0, 0.05) is 38.3 Å². The molecule has 4 nitrogen and oxygen atoms in total. The first-order valence-corrected chi connectivity index (χ1v) is 25.8. The minimum Gasteiger partial charge on any atom is -0.454 e. The van der Waals surface area contributed by atoms with Gasteiger partial charge in [0.2, 0.25) is 0 Å². The molecular formula is C68H46F6N2O2. The molecule has 0 atom stereocenters. The molecule has 382 valence electrons. The highest BCUT2D eigenvalue weighted by Crippen LogP contribution is 2.64. The van der Waals surface area contributed by atoms with Gasteiger partial charge in [-0.25, -0.2) is 0 Å². The fraction of sp³-hybridized carbons (Fsp3) is 0.118. The van der Waals surface area contributed by atoms with Crippen LogP contribution in [0.2, 0.25) is 0 Å². The monoisotopic (exact) mass is 1040 g/mol. The van der Waals surface area contributed by atoms with E-state index in [9.17, 15) is 0 Å². The van der Waals surface area contributed by atoms with Gasteiger partial charge in [-0.3, -0.25) is 0 Å². The van der Waals surface area contributed by atoms with Gasteiger partial charge in [0.15, 0.2) is 11.2 Å². The van der Waals surface area contributed by atoms with E-state index >= 15 is 26.3 Å². The smallest absolute Gasteiger partial charge is 0.418 e. The van der Waals surface area contributed by atoms with Gasteiger partial charge in [-0.2, -0.15) is 26.3 Å². The standard InChI is InChI=1S/C68H46F6N2O2/c1-39-17-13-19-45-47-21-15-31-59(63(47)77-61(39)45)75(57-29-11-9-27-53(57)67(69,70)71)41-33-35-43-44-36-34-42(38-56(44)66(55(43)37-41)51-25-7-5-23-49(51)65(3,4)50-24-6-8-26-52(50)66)76(58-30-12-10-28-54(58)68(72,73)74)60-32-16-22-48-46-20-14-18-40(2)62(46)78-64(48)60/h5-38H,1-4H3. The Morgan fingerprint density at radius 3 is 1.10 bits per heavy atom. The van der Waals surface area contributed by atoms with Crippen molar-refractivity contribution in [2.45, 2.75) is 50.9 Å². The Hall–Kier alpha value is -9.02. The van der Waals surface area contributed by atoms with Crippen LogP contribution < -0.4 is 9.80 Å². The topological polar surface area (TPSA) is 32.8 Å². The molecule has 10 heteroatoms. The first-order valence-electron chi connectivity index (χ1n) is 25.8. The summed E-state index contributed by atoms with van der Waals surface area (Å²) < 4.78 is 107. The zero-order valence-electron chi connectivity index (χ0n) is 42.6. The highest BCUT2D eigenvalue weighted by molar-refractivity contribution is 6.12. The number of alkyl halides is 6. The number of fused-ring (bicyclic) bond motifs is 15. The first-order chi connectivity index (χ1) is 37.6. The van der Waals surface area contributed by atoms with Crippen LogP contribution >= 0.6 is 0 Å². The lowest BCUT2D eigenvalue weighted by Crippen LogP contribution is -2.40. The first kappa shape index (κ1) is 47.4. The molecule has 2 aliphatic rings. The molecular weight excluding hydrogens is 991 g/mol. The molecule has 0 bridgehead atoms. The maximum atomic E-state index is 15.5. The molecule has 0 radical (unpaired) electrons. The van der Waals surface area contributed by atoms with Crippen LogP contribution in [-0.4, -0.2) is 0 Å². The van der Waals surface area contributed by atoms with Crippen molar-refractivity contribution in [2.75, 3.05) is 9.80 Å². The van der Waals surface area contributed by atoms with Crippen molar-refractivity contribution < 1.29 is 35.2 Å². The molecule has 78 heavy (non-hydrogen) atoms. The number of halogens is 6. The zero-order valence-corrected chi connectivity index (χ0v) is 42.6. The zero-order chi connectivity index (χ0) is 53.6. The molecule has 2 heterocycles. The Kier molecular flexibility index (Phi) is 10.2. The lowest BCUT2D eigenvalue weighted by atomic mass is 9.55. The van der Waals surface area contributed by atoms with E-state index in [1.165, 1.54) is 24.3 Å². The summed E-state index contributed by atoms with van der Waals surface area (Å²) in [5, 5.41) is 3.18. The molecule has 0 saturated carbocycles. The van der Waals surface area contributed by atoms with Crippen LogP contribution in [0.5, 0.6) is 0 Å². The third-order valence-corrected chi connectivity index (χ3v) is 16.4. The Morgan fingerprint density at radius 1 is 0.346 bits per heavy atom. The molecule has 0 amide bonds. The van der Waals surface area contributed by atoms with Gasteiger partial charge in [-0.1, -0.05) is 159 Å². The van der Waals surface area contributed by atoms with Crippen molar-refractivity contribution in [3.8, 4) is 11.1 Å². The van der Waals surface area contributed by atoms with Gasteiger partial charge < -0.3 is 18.6 Å². The molecule has 12 aromatic rings. The summed E-state index contributed by atoms with van der Waals surface area (Å²) in [5.41, 5.74) is 9.20. The quantitative estimate of drug-likeness (QED) is 0.155. The van der Waals surface area contributed by atoms with E-state index in [1.807, 2.05) is 135 Å². The molecule has 2 aromatic heterocycles. The van der Waals surface area contributed by atoms with Gasteiger partial charge in [0.25, 0.3) is 0 Å². The largest absolute Gasteiger partial charge is 0.454 e. The number of para-hydroxylation sites is 6. The Labute approximate surface area is 445 Å². The van der Waals surface area contributed by atoms with E-state index in [1.54, 1.807) is 34.1 Å². The SMILES string of the molecule is Cc1cccc2c1oc1c(N(c3ccc4c(c3)C3(c5cc(N(c6ccccc6C(F)(F)F)c6cccc7c6oc6c(C)cccc67)ccc5-4)c4ccccc4C(C)(C)c4ccccc43)c3ccccc3C(F)(F)F)cccc12. The minimum absolute atomic E-state index is 0.0963. The molecule has 1 spiro atoms. The molecule has 0 aliphatic heterocycles. The third kappa shape index (κ3) is 6.68. The van der Waals surface area contributed by atoms with Gasteiger partial charge >= 0.3 is 12.4 Å². The molecule has 2 aliphatic carbocycles. The molecule has 10 aromatic carbocycles. The van der Waals surface area contributed by atoms with Gasteiger partial charge in [-0.05, 0) is 130 Å². The van der Waals surface area contributed by atoms with Crippen LogP contribution in [0.4, 0.5) is 60.5 Å². The summed E-state index contributed by atoms with van der Waals surface area (Å²) in [6.07, 6.45) is -9.49. The summed E-state index contributed by atoms with van der Waals surface area (Å²) in [4.78, 5) is 3.31. The Balaban J connectivity index is 1.09. The summed E-state index contributed by atoms with van der Waals surface area (Å²) in [5.74, 6) is 0. The fourth-order valence-electron chi connectivity index (χ4n) is 13.0. The lowest BCUT2D eigenvalue weighted by molar-refractivity contribution is -0.137. The average molecular weight is 1040 g/mol.